The summed E-state index contributed by atoms with van der Waals surface area (Å²) in [6.07, 6.45) is 1.53. The van der Waals surface area contributed by atoms with Crippen LogP contribution in [-0.4, -0.2) is 41.0 Å². The molecule has 3 aliphatic rings. The number of anilines is 1. The summed E-state index contributed by atoms with van der Waals surface area (Å²) in [4.78, 5) is 28.2. The minimum absolute atomic E-state index is 0.0662. The molecule has 3 aliphatic heterocycles. The monoisotopic (exact) mass is 551 g/mol. The van der Waals surface area contributed by atoms with E-state index in [-0.39, 0.29) is 34.3 Å². The first-order valence-corrected chi connectivity index (χ1v) is 13.4. The van der Waals surface area contributed by atoms with Crippen LogP contribution >= 0.6 is 11.6 Å². The molecule has 10 heteroatoms. The summed E-state index contributed by atoms with van der Waals surface area (Å²) in [5.41, 5.74) is 0.773. The average molecular weight is 552 g/mol. The van der Waals surface area contributed by atoms with Gasteiger partial charge in [-0.1, -0.05) is 48.0 Å². The summed E-state index contributed by atoms with van der Waals surface area (Å²) in [7, 11) is 0. The predicted octanol–water partition coefficient (Wildman–Crippen LogP) is 5.51. The van der Waals surface area contributed by atoms with Gasteiger partial charge in [0.2, 0.25) is 0 Å². The van der Waals surface area contributed by atoms with Gasteiger partial charge in [0.25, 0.3) is 11.9 Å². The fraction of sp³-hybridized carbons (Fsp3) is 0.345. The van der Waals surface area contributed by atoms with E-state index in [0.717, 1.165) is 6.42 Å². The number of amides is 1. The van der Waals surface area contributed by atoms with E-state index in [1.165, 1.54) is 6.07 Å². The van der Waals surface area contributed by atoms with Gasteiger partial charge in [-0.2, -0.15) is 0 Å². The molecule has 3 heterocycles. The standard InChI is InChI=1S/C29H27ClFN3O5/c1-2-38-24-15-18(14-20(30)26(24)39-16-17-8-3-5-10-21(17)31)25-23-12-7-13-33(23)29(27(25)34(36)37)19-9-4-6-11-22(19)32-28(29)35/h3-6,8-11,14-15,23,25,27H,2,7,12-13,16H2,1H3,(H,32,35)/t23-,25+,27-,29-/m0/s1. The SMILES string of the molecule is CCOc1cc([C@H]2[C@H]([N+](=O)[O-])[C@@]3(C(=O)Nc4ccccc43)N3CCC[C@@H]23)cc(Cl)c1OCc1ccccc1F. The van der Waals surface area contributed by atoms with Gasteiger partial charge in [-0.3, -0.25) is 19.8 Å². The summed E-state index contributed by atoms with van der Waals surface area (Å²) >= 11 is 6.72. The maximum absolute atomic E-state index is 14.2. The van der Waals surface area contributed by atoms with E-state index in [9.17, 15) is 19.3 Å². The summed E-state index contributed by atoms with van der Waals surface area (Å²) < 4.78 is 26.0. The first-order chi connectivity index (χ1) is 18.9. The Morgan fingerprint density at radius 3 is 2.72 bits per heavy atom. The molecule has 0 saturated carbocycles. The van der Waals surface area contributed by atoms with Gasteiger partial charge in [0.15, 0.2) is 17.0 Å². The highest BCUT2D eigenvalue weighted by Crippen LogP contribution is 2.58. The van der Waals surface area contributed by atoms with Crippen molar-refractivity contribution in [1.29, 1.82) is 0 Å². The topological polar surface area (TPSA) is 93.9 Å². The number of hydrogen-bond acceptors (Lipinski definition) is 6. The maximum atomic E-state index is 14.2. The number of carbonyl (C=O) groups is 1. The van der Waals surface area contributed by atoms with E-state index in [0.29, 0.717) is 47.7 Å². The Morgan fingerprint density at radius 1 is 1.18 bits per heavy atom. The average Bonchev–Trinajstić information content (AvgIpc) is 3.57. The highest BCUT2D eigenvalue weighted by Gasteiger charge is 2.73. The lowest BCUT2D eigenvalue weighted by molar-refractivity contribution is -0.534. The van der Waals surface area contributed by atoms with Crippen LogP contribution in [0, 0.1) is 15.9 Å². The van der Waals surface area contributed by atoms with Gasteiger partial charge < -0.3 is 14.8 Å². The van der Waals surface area contributed by atoms with Crippen LogP contribution in [0.1, 0.15) is 42.4 Å². The molecule has 4 atom stereocenters. The molecule has 3 aromatic carbocycles. The Balaban J connectivity index is 1.45. The number of carbonyl (C=O) groups excluding carboxylic acids is 1. The molecule has 0 radical (unpaired) electrons. The van der Waals surface area contributed by atoms with Crippen molar-refractivity contribution in [2.24, 2.45) is 0 Å². The predicted molar refractivity (Wildman–Crippen MR) is 143 cm³/mol. The van der Waals surface area contributed by atoms with E-state index in [1.54, 1.807) is 48.5 Å². The molecule has 6 rings (SSSR count). The summed E-state index contributed by atoms with van der Waals surface area (Å²) in [5.74, 6) is -0.842. The molecular weight excluding hydrogens is 525 g/mol. The van der Waals surface area contributed by atoms with Gasteiger partial charge in [-0.15, -0.1) is 0 Å². The highest BCUT2D eigenvalue weighted by molar-refractivity contribution is 6.32. The molecule has 202 valence electrons. The second-order valence-electron chi connectivity index (χ2n) is 10.1. The van der Waals surface area contributed by atoms with E-state index >= 15 is 0 Å². The summed E-state index contributed by atoms with van der Waals surface area (Å²) in [5, 5.41) is 16.0. The molecule has 2 fully saturated rings. The van der Waals surface area contributed by atoms with Gasteiger partial charge in [0, 0.05) is 34.3 Å². The zero-order valence-electron chi connectivity index (χ0n) is 21.2. The van der Waals surface area contributed by atoms with Crippen LogP contribution < -0.4 is 14.8 Å². The molecule has 0 bridgehead atoms. The molecule has 1 spiro atoms. The number of nitrogens with one attached hydrogen (secondary N) is 1. The minimum atomic E-state index is -1.43. The van der Waals surface area contributed by atoms with Crippen molar-refractivity contribution < 1.29 is 23.6 Å². The zero-order chi connectivity index (χ0) is 27.3. The molecule has 0 aromatic heterocycles. The third-order valence-electron chi connectivity index (χ3n) is 8.14. The number of fused-ring (bicyclic) bond motifs is 4. The van der Waals surface area contributed by atoms with E-state index in [2.05, 4.69) is 5.32 Å². The smallest absolute Gasteiger partial charge is 0.256 e. The lowest BCUT2D eigenvalue weighted by Crippen LogP contribution is -2.55. The van der Waals surface area contributed by atoms with Crippen molar-refractivity contribution in [3.05, 3.63) is 98.3 Å². The summed E-state index contributed by atoms with van der Waals surface area (Å²) in [6, 6.07) is 15.4. The van der Waals surface area contributed by atoms with Gasteiger partial charge in [0.1, 0.15) is 12.4 Å². The van der Waals surface area contributed by atoms with Crippen molar-refractivity contribution in [3.8, 4) is 11.5 Å². The van der Waals surface area contributed by atoms with Crippen molar-refractivity contribution in [1.82, 2.24) is 4.90 Å². The Labute approximate surface area is 229 Å². The van der Waals surface area contributed by atoms with Crippen LogP contribution in [0.2, 0.25) is 5.02 Å². The van der Waals surface area contributed by atoms with Crippen LogP contribution in [-0.2, 0) is 16.9 Å². The normalized spacial score (nSPS) is 25.4. The van der Waals surface area contributed by atoms with Gasteiger partial charge in [-0.05, 0) is 49.6 Å². The van der Waals surface area contributed by atoms with Crippen molar-refractivity contribution in [2.45, 2.75) is 49.9 Å². The largest absolute Gasteiger partial charge is 0.490 e. The molecular formula is C29H27ClFN3O5. The molecule has 39 heavy (non-hydrogen) atoms. The van der Waals surface area contributed by atoms with E-state index in [1.807, 2.05) is 17.9 Å². The molecule has 1 N–H and O–H groups in total. The molecule has 3 aromatic rings. The number of hydrogen-bond donors (Lipinski definition) is 1. The zero-order valence-corrected chi connectivity index (χ0v) is 22.0. The third kappa shape index (κ3) is 3.86. The fourth-order valence-corrected chi connectivity index (χ4v) is 7.00. The van der Waals surface area contributed by atoms with Gasteiger partial charge >= 0.3 is 0 Å². The Kier molecular flexibility index (Phi) is 6.43. The number of ether oxygens (including phenoxy) is 2. The lowest BCUT2D eigenvalue weighted by atomic mass is 9.77. The molecule has 1 amide bonds. The van der Waals surface area contributed by atoms with Crippen LogP contribution in [0.3, 0.4) is 0 Å². The van der Waals surface area contributed by atoms with Crippen LogP contribution in [0.15, 0.2) is 60.7 Å². The van der Waals surface area contributed by atoms with E-state index < -0.39 is 23.3 Å². The molecule has 8 nitrogen and oxygen atoms in total. The van der Waals surface area contributed by atoms with Crippen LogP contribution in [0.5, 0.6) is 11.5 Å². The van der Waals surface area contributed by atoms with Gasteiger partial charge in [0.05, 0.1) is 17.5 Å². The minimum Gasteiger partial charge on any atom is -0.490 e. The second kappa shape index (κ2) is 9.81. The number of nitro groups is 1. The Morgan fingerprint density at radius 2 is 1.95 bits per heavy atom. The van der Waals surface area contributed by atoms with Crippen molar-refractivity contribution in [2.75, 3.05) is 18.5 Å². The molecule has 0 unspecified atom stereocenters. The Bertz CT molecular complexity index is 1470. The number of halogens is 2. The van der Waals surface area contributed by atoms with Crippen molar-refractivity contribution >= 4 is 23.2 Å². The highest BCUT2D eigenvalue weighted by atomic mass is 35.5. The third-order valence-corrected chi connectivity index (χ3v) is 8.42. The number of rotatable bonds is 7. The second-order valence-corrected chi connectivity index (χ2v) is 10.5. The maximum Gasteiger partial charge on any atom is 0.256 e. The van der Waals surface area contributed by atoms with Crippen LogP contribution in [0.4, 0.5) is 10.1 Å². The first kappa shape index (κ1) is 25.6. The Hall–Kier alpha value is -3.69. The van der Waals surface area contributed by atoms with Gasteiger partial charge in [-0.25, -0.2) is 4.39 Å². The number of nitrogens with zero attached hydrogens (tertiary/aromatic N) is 2. The molecule has 2 saturated heterocycles. The number of benzene rings is 3. The molecule has 0 aliphatic carbocycles. The van der Waals surface area contributed by atoms with E-state index in [4.69, 9.17) is 21.1 Å². The number of para-hydroxylation sites is 1. The lowest BCUT2D eigenvalue weighted by Gasteiger charge is -2.32. The van der Waals surface area contributed by atoms with Crippen LogP contribution in [0.25, 0.3) is 0 Å². The fourth-order valence-electron chi connectivity index (χ4n) is 6.72. The quantitative estimate of drug-likeness (QED) is 0.307. The van der Waals surface area contributed by atoms with Crippen molar-refractivity contribution in [3.63, 3.8) is 0 Å². The summed E-state index contributed by atoms with van der Waals surface area (Å²) in [6.45, 7) is 2.62. The first-order valence-electron chi connectivity index (χ1n) is 13.0.